The maximum atomic E-state index is 6.23. The van der Waals surface area contributed by atoms with Gasteiger partial charge in [0.1, 0.15) is 0 Å². The smallest absolute Gasteiger partial charge is 0.184 e. The Kier molecular flexibility index (Phi) is 5.41. The van der Waals surface area contributed by atoms with Gasteiger partial charge in [0.2, 0.25) is 0 Å². The molecule has 1 aromatic carbocycles. The number of benzene rings is 1. The normalized spacial score (nSPS) is 13.7. The first-order valence-electron chi connectivity index (χ1n) is 6.70. The summed E-state index contributed by atoms with van der Waals surface area (Å²) in [5.41, 5.74) is 2.92. The Bertz CT molecular complexity index is 341. The van der Waals surface area contributed by atoms with E-state index in [0.717, 1.165) is 19.3 Å². The molecule has 0 aromatic heterocycles. The molecule has 0 aliphatic carbocycles. The van der Waals surface area contributed by atoms with Crippen LogP contribution < -0.4 is 0 Å². The summed E-state index contributed by atoms with van der Waals surface area (Å²) in [5.74, 6) is 0. The minimum absolute atomic E-state index is 0.384. The minimum atomic E-state index is -1.42. The van der Waals surface area contributed by atoms with Crippen LogP contribution in [0.3, 0.4) is 0 Å². The summed E-state index contributed by atoms with van der Waals surface area (Å²) < 4.78 is 6.23. The van der Waals surface area contributed by atoms with Crippen LogP contribution >= 0.6 is 0 Å². The zero-order valence-corrected chi connectivity index (χ0v) is 12.9. The zero-order valence-electron chi connectivity index (χ0n) is 11.9. The third-order valence-electron chi connectivity index (χ3n) is 2.92. The molecule has 0 aliphatic rings. The summed E-state index contributed by atoms with van der Waals surface area (Å²) in [6, 6.07) is 8.74. The van der Waals surface area contributed by atoms with Gasteiger partial charge in [-0.3, -0.25) is 0 Å². The first-order valence-corrected chi connectivity index (χ1v) is 10.1. The van der Waals surface area contributed by atoms with Crippen molar-refractivity contribution >= 4 is 8.32 Å². The molecule has 0 aliphatic heterocycles. The fourth-order valence-electron chi connectivity index (χ4n) is 2.12. The number of hydrogen-bond acceptors (Lipinski definition) is 1. The predicted molar refractivity (Wildman–Crippen MR) is 78.0 cm³/mol. The van der Waals surface area contributed by atoms with Crippen molar-refractivity contribution in [1.29, 1.82) is 0 Å². The molecule has 0 saturated carbocycles. The van der Waals surface area contributed by atoms with E-state index in [9.17, 15) is 0 Å². The SMILES string of the molecule is CCc1ccccc1C[C@H](CC)O[Si](C)(C)C. The molecular formula is C15H26OSi. The van der Waals surface area contributed by atoms with Crippen LogP contribution in [0.15, 0.2) is 24.3 Å². The first kappa shape index (κ1) is 14.5. The largest absolute Gasteiger partial charge is 0.414 e. The zero-order chi connectivity index (χ0) is 12.9. The quantitative estimate of drug-likeness (QED) is 0.679. The van der Waals surface area contributed by atoms with E-state index in [1.165, 1.54) is 11.1 Å². The molecule has 0 spiro atoms. The third-order valence-corrected chi connectivity index (χ3v) is 3.96. The maximum absolute atomic E-state index is 6.23. The Morgan fingerprint density at radius 3 is 2.12 bits per heavy atom. The molecule has 1 rings (SSSR count). The van der Waals surface area contributed by atoms with Crippen molar-refractivity contribution in [3.8, 4) is 0 Å². The second-order valence-corrected chi connectivity index (χ2v) is 10.0. The Hall–Kier alpha value is -0.603. The van der Waals surface area contributed by atoms with Gasteiger partial charge in [0.15, 0.2) is 8.32 Å². The Morgan fingerprint density at radius 2 is 1.65 bits per heavy atom. The van der Waals surface area contributed by atoms with Gasteiger partial charge in [-0.05, 0) is 50.0 Å². The van der Waals surface area contributed by atoms with E-state index in [4.69, 9.17) is 4.43 Å². The average Bonchev–Trinajstić information content (AvgIpc) is 2.27. The molecule has 1 nitrogen and oxygen atoms in total. The van der Waals surface area contributed by atoms with Gasteiger partial charge in [0, 0.05) is 6.10 Å². The monoisotopic (exact) mass is 250 g/mol. The summed E-state index contributed by atoms with van der Waals surface area (Å²) in [5, 5.41) is 0. The van der Waals surface area contributed by atoms with Crippen LogP contribution in [0, 0.1) is 0 Å². The summed E-state index contributed by atoms with van der Waals surface area (Å²) in [6.45, 7) is 11.2. The molecular weight excluding hydrogens is 224 g/mol. The molecule has 0 amide bonds. The van der Waals surface area contributed by atoms with Crippen molar-refractivity contribution in [2.45, 2.75) is 58.9 Å². The van der Waals surface area contributed by atoms with Gasteiger partial charge in [0.25, 0.3) is 0 Å². The summed E-state index contributed by atoms with van der Waals surface area (Å²) in [4.78, 5) is 0. The van der Waals surface area contributed by atoms with E-state index in [0.29, 0.717) is 6.10 Å². The second-order valence-electron chi connectivity index (χ2n) is 5.59. The van der Waals surface area contributed by atoms with Gasteiger partial charge in [0.05, 0.1) is 0 Å². The van der Waals surface area contributed by atoms with Crippen LogP contribution in [0.2, 0.25) is 19.6 Å². The molecule has 0 N–H and O–H groups in total. The Morgan fingerprint density at radius 1 is 1.06 bits per heavy atom. The standard InChI is InChI=1S/C15H26OSi/c1-6-13-10-8-9-11-14(13)12-15(7-2)16-17(3,4)5/h8-11,15H,6-7,12H2,1-5H3/t15-/m0/s1. The van der Waals surface area contributed by atoms with Crippen LogP contribution in [0.5, 0.6) is 0 Å². The molecule has 17 heavy (non-hydrogen) atoms. The highest BCUT2D eigenvalue weighted by atomic mass is 28.4. The van der Waals surface area contributed by atoms with Crippen molar-refractivity contribution in [2.24, 2.45) is 0 Å². The van der Waals surface area contributed by atoms with Crippen LogP contribution in [-0.4, -0.2) is 14.4 Å². The highest BCUT2D eigenvalue weighted by molar-refractivity contribution is 6.69. The predicted octanol–water partition coefficient (Wildman–Crippen LogP) is 4.42. The average molecular weight is 250 g/mol. The maximum Gasteiger partial charge on any atom is 0.184 e. The van der Waals surface area contributed by atoms with E-state index in [2.05, 4.69) is 57.8 Å². The van der Waals surface area contributed by atoms with E-state index < -0.39 is 8.32 Å². The van der Waals surface area contributed by atoms with Crippen LogP contribution in [-0.2, 0) is 17.3 Å². The molecule has 96 valence electrons. The van der Waals surface area contributed by atoms with Gasteiger partial charge in [-0.25, -0.2) is 0 Å². The lowest BCUT2D eigenvalue weighted by Crippen LogP contribution is -2.33. The van der Waals surface area contributed by atoms with Crippen molar-refractivity contribution in [3.63, 3.8) is 0 Å². The highest BCUT2D eigenvalue weighted by Crippen LogP contribution is 2.18. The Labute approximate surface area is 107 Å². The molecule has 2 heteroatoms. The van der Waals surface area contributed by atoms with Crippen LogP contribution in [0.4, 0.5) is 0 Å². The second kappa shape index (κ2) is 6.36. The fourth-order valence-corrected chi connectivity index (χ4v) is 3.37. The fraction of sp³-hybridized carbons (Fsp3) is 0.600. The van der Waals surface area contributed by atoms with Crippen molar-refractivity contribution < 1.29 is 4.43 Å². The van der Waals surface area contributed by atoms with Gasteiger partial charge >= 0.3 is 0 Å². The minimum Gasteiger partial charge on any atom is -0.414 e. The van der Waals surface area contributed by atoms with Gasteiger partial charge in [-0.2, -0.15) is 0 Å². The van der Waals surface area contributed by atoms with Gasteiger partial charge in [-0.15, -0.1) is 0 Å². The molecule has 1 atom stereocenters. The topological polar surface area (TPSA) is 9.23 Å². The molecule has 0 bridgehead atoms. The summed E-state index contributed by atoms with van der Waals surface area (Å²) in [7, 11) is -1.42. The molecule has 0 unspecified atom stereocenters. The van der Waals surface area contributed by atoms with Crippen molar-refractivity contribution in [3.05, 3.63) is 35.4 Å². The highest BCUT2D eigenvalue weighted by Gasteiger charge is 2.20. The Balaban J connectivity index is 2.73. The molecule has 0 saturated heterocycles. The number of aryl methyl sites for hydroxylation is 1. The number of hydrogen-bond donors (Lipinski definition) is 0. The lowest BCUT2D eigenvalue weighted by Gasteiger charge is -2.26. The van der Waals surface area contributed by atoms with Gasteiger partial charge in [-0.1, -0.05) is 38.1 Å². The first-order chi connectivity index (χ1) is 7.96. The summed E-state index contributed by atoms with van der Waals surface area (Å²) >= 11 is 0. The van der Waals surface area contributed by atoms with E-state index in [-0.39, 0.29) is 0 Å². The lowest BCUT2D eigenvalue weighted by molar-refractivity contribution is 0.189. The molecule has 0 radical (unpaired) electrons. The summed E-state index contributed by atoms with van der Waals surface area (Å²) in [6.07, 6.45) is 3.65. The van der Waals surface area contributed by atoms with E-state index in [1.807, 2.05) is 0 Å². The number of rotatable bonds is 6. The van der Waals surface area contributed by atoms with Crippen molar-refractivity contribution in [1.82, 2.24) is 0 Å². The molecule has 1 aromatic rings. The van der Waals surface area contributed by atoms with Crippen LogP contribution in [0.25, 0.3) is 0 Å². The van der Waals surface area contributed by atoms with Gasteiger partial charge < -0.3 is 4.43 Å². The lowest BCUT2D eigenvalue weighted by atomic mass is 9.99. The third kappa shape index (κ3) is 5.05. The molecule has 0 fully saturated rings. The van der Waals surface area contributed by atoms with Crippen LogP contribution in [0.1, 0.15) is 31.4 Å². The van der Waals surface area contributed by atoms with Crippen molar-refractivity contribution in [2.75, 3.05) is 0 Å². The van der Waals surface area contributed by atoms with E-state index >= 15 is 0 Å². The molecule has 0 heterocycles. The van der Waals surface area contributed by atoms with E-state index in [1.54, 1.807) is 0 Å².